The number of hydrogen-bond donors (Lipinski definition) is 2. The number of amides is 1. The van der Waals surface area contributed by atoms with Crippen molar-refractivity contribution in [2.45, 2.75) is 38.2 Å². The fourth-order valence-electron chi connectivity index (χ4n) is 2.24. The lowest BCUT2D eigenvalue weighted by molar-refractivity contribution is 0.139. The molecule has 0 aliphatic rings. The van der Waals surface area contributed by atoms with E-state index in [9.17, 15) is 13.2 Å². The third-order valence-corrected chi connectivity index (χ3v) is 6.18. The van der Waals surface area contributed by atoms with Gasteiger partial charge in [-0.05, 0) is 31.9 Å². The zero-order valence-corrected chi connectivity index (χ0v) is 16.6. The molecule has 0 unspecified atom stereocenters. The summed E-state index contributed by atoms with van der Waals surface area (Å²) in [5.74, 6) is 0. The largest absolute Gasteiger partial charge is 0.445 e. The molecule has 2 rings (SSSR count). The van der Waals surface area contributed by atoms with Gasteiger partial charge in [-0.25, -0.2) is 17.9 Å². The molecule has 0 fully saturated rings. The molecule has 0 saturated heterocycles. The summed E-state index contributed by atoms with van der Waals surface area (Å²) in [6, 6.07) is 17.8. The number of carbonyl (C=O) groups excluding carboxylic acids is 1. The Kier molecular flexibility index (Phi) is 6.98. The first-order chi connectivity index (χ1) is 12.7. The molecule has 0 spiro atoms. The van der Waals surface area contributed by atoms with E-state index in [1.807, 2.05) is 60.7 Å². The molecule has 0 aromatic heterocycles. The maximum atomic E-state index is 12.5. The summed E-state index contributed by atoms with van der Waals surface area (Å²) in [6.45, 7) is 5.10. The van der Waals surface area contributed by atoms with Crippen molar-refractivity contribution in [1.29, 1.82) is 0 Å². The molecule has 0 heterocycles. The first-order valence-electron chi connectivity index (χ1n) is 8.70. The maximum absolute atomic E-state index is 12.5. The van der Waals surface area contributed by atoms with E-state index < -0.39 is 26.9 Å². The van der Waals surface area contributed by atoms with Gasteiger partial charge in [0.05, 0.1) is 10.8 Å². The van der Waals surface area contributed by atoms with Crippen molar-refractivity contribution in [1.82, 2.24) is 10.0 Å². The van der Waals surface area contributed by atoms with Crippen LogP contribution < -0.4 is 10.0 Å². The SMILES string of the molecule is CC(C)(C)S(=O)(=O)N[C@H](CNC(=O)OCc1ccccc1)c1ccccc1. The lowest BCUT2D eigenvalue weighted by Crippen LogP contribution is -2.44. The van der Waals surface area contributed by atoms with Crippen LogP contribution >= 0.6 is 0 Å². The van der Waals surface area contributed by atoms with Gasteiger partial charge in [0.1, 0.15) is 6.61 Å². The highest BCUT2D eigenvalue weighted by molar-refractivity contribution is 7.90. The first kappa shape index (κ1) is 20.9. The maximum Gasteiger partial charge on any atom is 0.407 e. The molecule has 6 nitrogen and oxygen atoms in total. The lowest BCUT2D eigenvalue weighted by atomic mass is 10.1. The number of alkyl carbamates (subject to hydrolysis) is 1. The molecule has 1 atom stereocenters. The van der Waals surface area contributed by atoms with Gasteiger partial charge in [-0.3, -0.25) is 0 Å². The molecule has 0 aliphatic heterocycles. The van der Waals surface area contributed by atoms with E-state index >= 15 is 0 Å². The Morgan fingerprint density at radius 3 is 2.11 bits per heavy atom. The second kappa shape index (κ2) is 9.01. The van der Waals surface area contributed by atoms with Crippen LogP contribution in [-0.2, 0) is 21.4 Å². The molecular formula is C20H26N2O4S. The van der Waals surface area contributed by atoms with Crippen LogP contribution in [0.5, 0.6) is 0 Å². The molecule has 146 valence electrons. The Morgan fingerprint density at radius 1 is 1.00 bits per heavy atom. The Balaban J connectivity index is 2.01. The van der Waals surface area contributed by atoms with Crippen LogP contribution in [0, 0.1) is 0 Å². The molecule has 1 amide bonds. The standard InChI is InChI=1S/C20H26N2O4S/c1-20(2,3)27(24,25)22-18(17-12-8-5-9-13-17)14-21-19(23)26-15-16-10-6-4-7-11-16/h4-13,18,22H,14-15H2,1-3H3,(H,21,23)/t18-/m1/s1. The van der Waals surface area contributed by atoms with Crippen LogP contribution in [0.15, 0.2) is 60.7 Å². The summed E-state index contributed by atoms with van der Waals surface area (Å²) in [5.41, 5.74) is 1.63. The van der Waals surface area contributed by atoms with Gasteiger partial charge in [0.15, 0.2) is 0 Å². The predicted molar refractivity (Wildman–Crippen MR) is 106 cm³/mol. The molecular weight excluding hydrogens is 364 g/mol. The van der Waals surface area contributed by atoms with Crippen LogP contribution in [0.1, 0.15) is 37.9 Å². The highest BCUT2D eigenvalue weighted by atomic mass is 32.2. The molecule has 2 aromatic carbocycles. The molecule has 2 N–H and O–H groups in total. The average Bonchev–Trinajstić information content (AvgIpc) is 2.64. The van der Waals surface area contributed by atoms with Crippen LogP contribution in [0.4, 0.5) is 4.79 Å². The van der Waals surface area contributed by atoms with E-state index in [0.717, 1.165) is 11.1 Å². The summed E-state index contributed by atoms with van der Waals surface area (Å²) in [5, 5.41) is 2.64. The average molecular weight is 391 g/mol. The number of nitrogens with one attached hydrogen (secondary N) is 2. The highest BCUT2D eigenvalue weighted by Gasteiger charge is 2.31. The van der Waals surface area contributed by atoms with Gasteiger partial charge in [0, 0.05) is 6.54 Å². The number of carbonyl (C=O) groups is 1. The van der Waals surface area contributed by atoms with Gasteiger partial charge in [0.25, 0.3) is 0 Å². The monoisotopic (exact) mass is 390 g/mol. The summed E-state index contributed by atoms with van der Waals surface area (Å²) < 4.78 is 32.0. The van der Waals surface area contributed by atoms with Crippen molar-refractivity contribution in [3.63, 3.8) is 0 Å². The van der Waals surface area contributed by atoms with E-state index in [1.165, 1.54) is 0 Å². The Bertz CT molecular complexity index is 831. The van der Waals surface area contributed by atoms with Crippen molar-refractivity contribution in [2.75, 3.05) is 6.54 Å². The zero-order chi connectivity index (χ0) is 19.9. The van der Waals surface area contributed by atoms with Crippen molar-refractivity contribution in [2.24, 2.45) is 0 Å². The summed E-state index contributed by atoms with van der Waals surface area (Å²) >= 11 is 0. The van der Waals surface area contributed by atoms with E-state index in [4.69, 9.17) is 4.74 Å². The fourth-order valence-corrected chi connectivity index (χ4v) is 3.18. The highest BCUT2D eigenvalue weighted by Crippen LogP contribution is 2.19. The third-order valence-electron chi connectivity index (χ3n) is 3.97. The van der Waals surface area contributed by atoms with Crippen molar-refractivity contribution in [3.05, 3.63) is 71.8 Å². The van der Waals surface area contributed by atoms with Gasteiger partial charge in [-0.2, -0.15) is 0 Å². The first-order valence-corrected chi connectivity index (χ1v) is 10.2. The molecule has 2 aromatic rings. The van der Waals surface area contributed by atoms with Crippen LogP contribution in [0.2, 0.25) is 0 Å². The van der Waals surface area contributed by atoms with E-state index in [-0.39, 0.29) is 13.2 Å². The van der Waals surface area contributed by atoms with E-state index in [1.54, 1.807) is 20.8 Å². The van der Waals surface area contributed by atoms with E-state index in [2.05, 4.69) is 10.0 Å². The van der Waals surface area contributed by atoms with Crippen LogP contribution in [0.25, 0.3) is 0 Å². The summed E-state index contributed by atoms with van der Waals surface area (Å²) in [7, 11) is -3.59. The minimum absolute atomic E-state index is 0.0763. The summed E-state index contributed by atoms with van der Waals surface area (Å²) in [6.07, 6.45) is -0.602. The van der Waals surface area contributed by atoms with Gasteiger partial charge in [0.2, 0.25) is 10.0 Å². The van der Waals surface area contributed by atoms with Crippen molar-refractivity contribution in [3.8, 4) is 0 Å². The fraction of sp³-hybridized carbons (Fsp3) is 0.350. The second-order valence-electron chi connectivity index (χ2n) is 7.14. The molecule has 7 heteroatoms. The lowest BCUT2D eigenvalue weighted by Gasteiger charge is -2.25. The summed E-state index contributed by atoms with van der Waals surface area (Å²) in [4.78, 5) is 12.0. The quantitative estimate of drug-likeness (QED) is 0.759. The number of hydrogen-bond acceptors (Lipinski definition) is 4. The molecule has 0 bridgehead atoms. The number of benzene rings is 2. The van der Waals surface area contributed by atoms with Gasteiger partial charge >= 0.3 is 6.09 Å². The number of sulfonamides is 1. The van der Waals surface area contributed by atoms with Gasteiger partial charge in [-0.15, -0.1) is 0 Å². The molecule has 0 aliphatic carbocycles. The van der Waals surface area contributed by atoms with Crippen LogP contribution in [-0.4, -0.2) is 25.8 Å². The zero-order valence-electron chi connectivity index (χ0n) is 15.8. The molecule has 0 radical (unpaired) electrons. The smallest absolute Gasteiger partial charge is 0.407 e. The van der Waals surface area contributed by atoms with Gasteiger partial charge < -0.3 is 10.1 Å². The van der Waals surface area contributed by atoms with Gasteiger partial charge in [-0.1, -0.05) is 60.7 Å². The van der Waals surface area contributed by atoms with Crippen molar-refractivity contribution < 1.29 is 17.9 Å². The second-order valence-corrected chi connectivity index (χ2v) is 9.61. The van der Waals surface area contributed by atoms with Crippen molar-refractivity contribution >= 4 is 16.1 Å². The Labute approximate surface area is 161 Å². The topological polar surface area (TPSA) is 84.5 Å². The third kappa shape index (κ3) is 6.37. The number of ether oxygens (including phenoxy) is 1. The molecule has 27 heavy (non-hydrogen) atoms. The number of rotatable bonds is 7. The minimum Gasteiger partial charge on any atom is -0.445 e. The Hall–Kier alpha value is -2.38. The normalized spacial score (nSPS) is 13.0. The predicted octanol–water partition coefficient (Wildman–Crippen LogP) is 3.37. The van der Waals surface area contributed by atoms with E-state index in [0.29, 0.717) is 0 Å². The Morgan fingerprint density at radius 2 is 1.56 bits per heavy atom. The minimum atomic E-state index is -3.59. The van der Waals surface area contributed by atoms with Crippen LogP contribution in [0.3, 0.4) is 0 Å². The molecule has 0 saturated carbocycles.